The van der Waals surface area contributed by atoms with Crippen LogP contribution >= 0.6 is 11.6 Å². The molecule has 0 aliphatic rings. The number of halogens is 2. The summed E-state index contributed by atoms with van der Waals surface area (Å²) in [7, 11) is 0. The number of nitrogen functional groups attached to an aromatic ring is 1. The molecule has 0 atom stereocenters. The molecule has 0 heterocycles. The van der Waals surface area contributed by atoms with E-state index in [-0.39, 0.29) is 5.56 Å². The maximum Gasteiger partial charge on any atom is 0.259 e. The van der Waals surface area contributed by atoms with Gasteiger partial charge in [-0.3, -0.25) is 4.79 Å². The first-order valence-electron chi connectivity index (χ1n) is 5.32. The fraction of sp³-hybridized carbons (Fsp3) is 0. The molecule has 19 heavy (non-hydrogen) atoms. The lowest BCUT2D eigenvalue weighted by molar-refractivity contribution is 0.102. The molecule has 0 radical (unpaired) electrons. The monoisotopic (exact) mass is 280 g/mol. The summed E-state index contributed by atoms with van der Waals surface area (Å²) in [5.41, 5.74) is 6.32. The Bertz CT molecular complexity index is 647. The molecule has 2 aromatic rings. The Morgan fingerprint density at radius 2 is 2.00 bits per heavy atom. The molecule has 0 saturated heterocycles. The van der Waals surface area contributed by atoms with Crippen molar-refractivity contribution in [3.63, 3.8) is 0 Å². The van der Waals surface area contributed by atoms with Gasteiger partial charge in [-0.2, -0.15) is 0 Å². The number of anilines is 2. The number of carbonyl (C=O) groups excluding carboxylic acids is 1. The van der Waals surface area contributed by atoms with E-state index in [9.17, 15) is 14.3 Å². The molecule has 6 heteroatoms. The van der Waals surface area contributed by atoms with Crippen LogP contribution in [0.1, 0.15) is 10.4 Å². The smallest absolute Gasteiger partial charge is 0.259 e. The Labute approximate surface area is 113 Å². The van der Waals surface area contributed by atoms with E-state index < -0.39 is 17.5 Å². The summed E-state index contributed by atoms with van der Waals surface area (Å²) in [6, 6.07) is 7.74. The molecule has 1 amide bonds. The number of nitrogens with two attached hydrogens (primary N) is 1. The molecule has 2 rings (SSSR count). The van der Waals surface area contributed by atoms with Crippen LogP contribution in [0.25, 0.3) is 0 Å². The van der Waals surface area contributed by atoms with Gasteiger partial charge >= 0.3 is 0 Å². The second kappa shape index (κ2) is 5.16. The number of aromatic hydroxyl groups is 1. The maximum atomic E-state index is 12.8. The van der Waals surface area contributed by atoms with Gasteiger partial charge in [0.25, 0.3) is 5.91 Å². The van der Waals surface area contributed by atoms with Crippen LogP contribution < -0.4 is 11.1 Å². The number of phenolic OH excluding ortho intramolecular Hbond substituents is 1. The number of rotatable bonds is 2. The number of benzene rings is 2. The highest BCUT2D eigenvalue weighted by Crippen LogP contribution is 2.24. The number of nitrogens with one attached hydrogen (secondary N) is 1. The molecule has 0 aliphatic heterocycles. The van der Waals surface area contributed by atoms with Crippen molar-refractivity contribution in [1.29, 1.82) is 0 Å². The number of hydrogen-bond donors (Lipinski definition) is 3. The zero-order chi connectivity index (χ0) is 14.0. The highest BCUT2D eigenvalue weighted by atomic mass is 35.5. The minimum absolute atomic E-state index is 0.0325. The van der Waals surface area contributed by atoms with Crippen molar-refractivity contribution in [2.24, 2.45) is 0 Å². The van der Waals surface area contributed by atoms with Gasteiger partial charge in [0, 0.05) is 11.8 Å². The molecule has 98 valence electrons. The maximum absolute atomic E-state index is 12.8. The second-order valence-corrected chi connectivity index (χ2v) is 4.26. The molecule has 0 spiro atoms. The molecule has 0 fully saturated rings. The summed E-state index contributed by atoms with van der Waals surface area (Å²) in [4.78, 5) is 11.9. The van der Waals surface area contributed by atoms with E-state index in [0.29, 0.717) is 16.4 Å². The summed E-state index contributed by atoms with van der Waals surface area (Å²) < 4.78 is 12.8. The van der Waals surface area contributed by atoms with Gasteiger partial charge in [-0.25, -0.2) is 4.39 Å². The Morgan fingerprint density at radius 1 is 1.26 bits per heavy atom. The first kappa shape index (κ1) is 13.2. The highest BCUT2D eigenvalue weighted by Gasteiger charge is 2.12. The molecule has 4 N–H and O–H groups in total. The van der Waals surface area contributed by atoms with Gasteiger partial charge in [-0.05, 0) is 30.3 Å². The van der Waals surface area contributed by atoms with Crippen molar-refractivity contribution in [1.82, 2.24) is 0 Å². The number of amides is 1. The molecule has 4 nitrogen and oxygen atoms in total. The average molecular weight is 281 g/mol. The van der Waals surface area contributed by atoms with Crippen LogP contribution in [0.2, 0.25) is 5.02 Å². The van der Waals surface area contributed by atoms with Crippen LogP contribution in [0.3, 0.4) is 0 Å². The summed E-state index contributed by atoms with van der Waals surface area (Å²) in [5, 5.41) is 12.4. The average Bonchev–Trinajstić information content (AvgIpc) is 2.33. The Balaban J connectivity index is 2.23. The third kappa shape index (κ3) is 2.95. The van der Waals surface area contributed by atoms with Gasteiger partial charge in [0.15, 0.2) is 0 Å². The molecule has 0 aliphatic carbocycles. The van der Waals surface area contributed by atoms with E-state index in [1.807, 2.05) is 0 Å². The van der Waals surface area contributed by atoms with E-state index in [2.05, 4.69) is 5.32 Å². The summed E-state index contributed by atoms with van der Waals surface area (Å²) in [6.45, 7) is 0. The molecule has 0 aromatic heterocycles. The molecule has 2 aromatic carbocycles. The Kier molecular flexibility index (Phi) is 3.57. The first-order valence-corrected chi connectivity index (χ1v) is 5.70. The molecule has 0 unspecified atom stereocenters. The van der Waals surface area contributed by atoms with Gasteiger partial charge in [0.2, 0.25) is 0 Å². The van der Waals surface area contributed by atoms with Crippen LogP contribution in [-0.4, -0.2) is 11.0 Å². The SMILES string of the molecule is Nc1cc(NC(=O)c2ccc(F)cc2O)ccc1Cl. The standard InChI is InChI=1S/C13H10ClFN2O2/c14-10-4-2-8(6-11(10)16)17-13(19)9-3-1-7(15)5-12(9)18/h1-6,18H,16H2,(H,17,19). The topological polar surface area (TPSA) is 75.3 Å². The van der Waals surface area contributed by atoms with Crippen LogP contribution in [0.5, 0.6) is 5.75 Å². The second-order valence-electron chi connectivity index (χ2n) is 3.85. The van der Waals surface area contributed by atoms with E-state index >= 15 is 0 Å². The number of carbonyl (C=O) groups is 1. The summed E-state index contributed by atoms with van der Waals surface area (Å²) in [5.74, 6) is -1.62. The van der Waals surface area contributed by atoms with Gasteiger partial charge < -0.3 is 16.2 Å². The van der Waals surface area contributed by atoms with Gasteiger partial charge in [0.05, 0.1) is 16.3 Å². The third-order valence-electron chi connectivity index (χ3n) is 2.46. The minimum Gasteiger partial charge on any atom is -0.507 e. The minimum atomic E-state index is -0.621. The predicted octanol–water partition coefficient (Wildman–Crippen LogP) is 3.02. The molecule has 0 bridgehead atoms. The molecular weight excluding hydrogens is 271 g/mol. The zero-order valence-corrected chi connectivity index (χ0v) is 10.4. The van der Waals surface area contributed by atoms with E-state index in [1.165, 1.54) is 18.2 Å². The van der Waals surface area contributed by atoms with Crippen molar-refractivity contribution in [2.75, 3.05) is 11.1 Å². The van der Waals surface area contributed by atoms with Crippen molar-refractivity contribution >= 4 is 28.9 Å². The van der Waals surface area contributed by atoms with Crippen LogP contribution in [0, 0.1) is 5.82 Å². The molecule has 0 saturated carbocycles. The fourth-order valence-corrected chi connectivity index (χ4v) is 1.63. The van der Waals surface area contributed by atoms with Crippen LogP contribution in [0.15, 0.2) is 36.4 Å². The quantitative estimate of drug-likeness (QED) is 0.740. The lowest BCUT2D eigenvalue weighted by Crippen LogP contribution is -2.12. The highest BCUT2D eigenvalue weighted by molar-refractivity contribution is 6.33. The van der Waals surface area contributed by atoms with Crippen molar-refractivity contribution < 1.29 is 14.3 Å². The number of hydrogen-bond acceptors (Lipinski definition) is 3. The Hall–Kier alpha value is -2.27. The fourth-order valence-electron chi connectivity index (χ4n) is 1.52. The number of phenols is 1. The largest absolute Gasteiger partial charge is 0.507 e. The van der Waals surface area contributed by atoms with Crippen molar-refractivity contribution in [3.8, 4) is 5.75 Å². The van der Waals surface area contributed by atoms with Gasteiger partial charge in [-0.1, -0.05) is 11.6 Å². The molecular formula is C13H10ClFN2O2. The van der Waals surface area contributed by atoms with E-state index in [4.69, 9.17) is 17.3 Å². The predicted molar refractivity (Wildman–Crippen MR) is 71.9 cm³/mol. The van der Waals surface area contributed by atoms with E-state index in [1.54, 1.807) is 6.07 Å². The normalized spacial score (nSPS) is 10.2. The summed E-state index contributed by atoms with van der Waals surface area (Å²) >= 11 is 5.76. The first-order chi connectivity index (χ1) is 8.97. The summed E-state index contributed by atoms with van der Waals surface area (Å²) in [6.07, 6.45) is 0. The van der Waals surface area contributed by atoms with Crippen molar-refractivity contribution in [2.45, 2.75) is 0 Å². The Morgan fingerprint density at radius 3 is 2.63 bits per heavy atom. The van der Waals surface area contributed by atoms with Crippen LogP contribution in [-0.2, 0) is 0 Å². The third-order valence-corrected chi connectivity index (χ3v) is 2.80. The lowest BCUT2D eigenvalue weighted by atomic mass is 10.1. The van der Waals surface area contributed by atoms with Gasteiger partial charge in [0.1, 0.15) is 11.6 Å². The zero-order valence-electron chi connectivity index (χ0n) is 9.65. The van der Waals surface area contributed by atoms with Gasteiger partial charge in [-0.15, -0.1) is 0 Å². The van der Waals surface area contributed by atoms with Crippen molar-refractivity contribution in [3.05, 3.63) is 52.8 Å². The van der Waals surface area contributed by atoms with Crippen LogP contribution in [0.4, 0.5) is 15.8 Å². The lowest BCUT2D eigenvalue weighted by Gasteiger charge is -2.08. The van der Waals surface area contributed by atoms with E-state index in [0.717, 1.165) is 12.1 Å².